The molecule has 0 aromatic carbocycles. The summed E-state index contributed by atoms with van der Waals surface area (Å²) in [5, 5.41) is 13.8. The minimum absolute atomic E-state index is 0.0608. The van der Waals surface area contributed by atoms with E-state index in [0.29, 0.717) is 17.8 Å². The summed E-state index contributed by atoms with van der Waals surface area (Å²) in [6, 6.07) is -0.454. The second-order valence-electron chi connectivity index (χ2n) is 5.70. The van der Waals surface area contributed by atoms with Crippen LogP contribution in [-0.2, 0) is 4.79 Å². The standard InChI is InChI=1S/C15H17N3O4S/c19-12(10-8-16-15-18(13(10)20)6-7-23-15)17-11-5-3-1-2-4-9(11)14(21)22/h6-9,11H,1-5H2,(H,17,19)(H,21,22)/t9-,11+/m1/s1. The van der Waals surface area contributed by atoms with Crippen LogP contribution in [0.25, 0.3) is 4.96 Å². The average molecular weight is 335 g/mol. The van der Waals surface area contributed by atoms with Crippen molar-refractivity contribution in [3.63, 3.8) is 0 Å². The smallest absolute Gasteiger partial charge is 0.308 e. The van der Waals surface area contributed by atoms with Crippen molar-refractivity contribution in [1.29, 1.82) is 0 Å². The fraction of sp³-hybridized carbons (Fsp3) is 0.467. The maximum absolute atomic E-state index is 12.4. The number of aromatic nitrogens is 2. The number of amides is 1. The molecule has 0 aliphatic heterocycles. The predicted octanol–water partition coefficient (Wildman–Crippen LogP) is 1.52. The number of thiazole rings is 1. The van der Waals surface area contributed by atoms with Gasteiger partial charge in [-0.3, -0.25) is 18.8 Å². The largest absolute Gasteiger partial charge is 0.481 e. The molecule has 122 valence electrons. The van der Waals surface area contributed by atoms with Crippen molar-refractivity contribution >= 4 is 28.2 Å². The first-order chi connectivity index (χ1) is 11.1. The zero-order valence-corrected chi connectivity index (χ0v) is 13.2. The SMILES string of the molecule is O=C(N[C@H]1CCCCC[C@H]1C(=O)O)c1cnc2sccn2c1=O. The Morgan fingerprint density at radius 2 is 2.09 bits per heavy atom. The van der Waals surface area contributed by atoms with Gasteiger partial charge in [-0.25, -0.2) is 4.98 Å². The van der Waals surface area contributed by atoms with Crippen LogP contribution in [0.2, 0.25) is 0 Å². The van der Waals surface area contributed by atoms with Crippen LogP contribution in [0.1, 0.15) is 42.5 Å². The Morgan fingerprint density at radius 3 is 2.87 bits per heavy atom. The Hall–Kier alpha value is -2.22. The zero-order valence-electron chi connectivity index (χ0n) is 12.4. The fourth-order valence-electron chi connectivity index (χ4n) is 3.00. The van der Waals surface area contributed by atoms with E-state index in [1.54, 1.807) is 11.6 Å². The third-order valence-corrected chi connectivity index (χ3v) is 5.01. The number of nitrogens with one attached hydrogen (secondary N) is 1. The van der Waals surface area contributed by atoms with Gasteiger partial charge in [0.05, 0.1) is 5.92 Å². The molecule has 3 rings (SSSR count). The molecule has 2 atom stereocenters. The van der Waals surface area contributed by atoms with Crippen molar-refractivity contribution in [2.45, 2.75) is 38.1 Å². The van der Waals surface area contributed by atoms with Gasteiger partial charge in [-0.05, 0) is 12.8 Å². The van der Waals surface area contributed by atoms with Crippen LogP contribution in [0.15, 0.2) is 22.6 Å². The van der Waals surface area contributed by atoms with Crippen molar-refractivity contribution in [3.05, 3.63) is 33.7 Å². The van der Waals surface area contributed by atoms with Gasteiger partial charge in [0.2, 0.25) is 0 Å². The van der Waals surface area contributed by atoms with E-state index >= 15 is 0 Å². The van der Waals surface area contributed by atoms with Gasteiger partial charge < -0.3 is 10.4 Å². The summed E-state index contributed by atoms with van der Waals surface area (Å²) >= 11 is 1.31. The number of carbonyl (C=O) groups is 2. The molecule has 0 spiro atoms. The Labute approximate surface area is 136 Å². The molecule has 0 bridgehead atoms. The molecule has 8 heteroatoms. The normalized spacial score (nSPS) is 21.7. The number of carboxylic acids is 1. The minimum atomic E-state index is -0.902. The van der Waals surface area contributed by atoms with E-state index in [1.807, 2.05) is 0 Å². The number of hydrogen-bond acceptors (Lipinski definition) is 5. The number of carboxylic acid groups (broad SMARTS) is 1. The van der Waals surface area contributed by atoms with Gasteiger partial charge >= 0.3 is 5.97 Å². The number of nitrogens with zero attached hydrogens (tertiary/aromatic N) is 2. The third-order valence-electron chi connectivity index (χ3n) is 4.24. The van der Waals surface area contributed by atoms with Crippen LogP contribution in [0.5, 0.6) is 0 Å². The maximum atomic E-state index is 12.4. The first-order valence-corrected chi connectivity index (χ1v) is 8.44. The van der Waals surface area contributed by atoms with Gasteiger partial charge in [-0.15, -0.1) is 11.3 Å². The van der Waals surface area contributed by atoms with Crippen molar-refractivity contribution in [1.82, 2.24) is 14.7 Å². The van der Waals surface area contributed by atoms with Crippen molar-refractivity contribution < 1.29 is 14.7 Å². The van der Waals surface area contributed by atoms with Gasteiger partial charge in [-0.1, -0.05) is 19.3 Å². The number of fused-ring (bicyclic) bond motifs is 1. The topological polar surface area (TPSA) is 101 Å². The van der Waals surface area contributed by atoms with Crippen LogP contribution in [0, 0.1) is 5.92 Å². The molecule has 0 saturated heterocycles. The Balaban J connectivity index is 1.85. The van der Waals surface area contributed by atoms with Gasteiger partial charge in [0, 0.05) is 23.8 Å². The molecule has 2 aromatic rings. The summed E-state index contributed by atoms with van der Waals surface area (Å²) in [5.41, 5.74) is -0.497. The lowest BCUT2D eigenvalue weighted by molar-refractivity contribution is -0.142. The first-order valence-electron chi connectivity index (χ1n) is 7.56. The summed E-state index contributed by atoms with van der Waals surface area (Å²) in [4.78, 5) is 40.8. The number of carbonyl (C=O) groups excluding carboxylic acids is 1. The highest BCUT2D eigenvalue weighted by Crippen LogP contribution is 2.24. The Kier molecular flexibility index (Phi) is 4.42. The molecule has 1 aliphatic rings. The summed E-state index contributed by atoms with van der Waals surface area (Å²) in [6.45, 7) is 0. The lowest BCUT2D eigenvalue weighted by Crippen LogP contribution is -2.44. The summed E-state index contributed by atoms with van der Waals surface area (Å²) in [7, 11) is 0. The highest BCUT2D eigenvalue weighted by molar-refractivity contribution is 7.15. The molecule has 23 heavy (non-hydrogen) atoms. The molecule has 1 aliphatic carbocycles. The van der Waals surface area contributed by atoms with E-state index in [4.69, 9.17) is 0 Å². The molecular weight excluding hydrogens is 318 g/mol. The quantitative estimate of drug-likeness (QED) is 0.828. The highest BCUT2D eigenvalue weighted by Gasteiger charge is 2.31. The number of aliphatic carboxylic acids is 1. The summed E-state index contributed by atoms with van der Waals surface area (Å²) in [6.07, 6.45) is 6.65. The Bertz CT molecular complexity index is 797. The molecule has 0 radical (unpaired) electrons. The summed E-state index contributed by atoms with van der Waals surface area (Å²) in [5.74, 6) is -2.07. The van der Waals surface area contributed by atoms with Crippen molar-refractivity contribution in [2.75, 3.05) is 0 Å². The number of rotatable bonds is 3. The predicted molar refractivity (Wildman–Crippen MR) is 84.8 cm³/mol. The molecule has 2 aromatic heterocycles. The van der Waals surface area contributed by atoms with Crippen molar-refractivity contribution in [3.8, 4) is 0 Å². The van der Waals surface area contributed by atoms with Crippen LogP contribution < -0.4 is 10.9 Å². The second-order valence-corrected chi connectivity index (χ2v) is 6.57. The number of hydrogen-bond donors (Lipinski definition) is 2. The molecule has 1 saturated carbocycles. The zero-order chi connectivity index (χ0) is 16.4. The molecule has 7 nitrogen and oxygen atoms in total. The van der Waals surface area contributed by atoms with Gasteiger partial charge in [0.25, 0.3) is 11.5 Å². The minimum Gasteiger partial charge on any atom is -0.481 e. The summed E-state index contributed by atoms with van der Waals surface area (Å²) < 4.78 is 1.32. The van der Waals surface area contributed by atoms with E-state index in [1.165, 1.54) is 21.9 Å². The molecule has 2 heterocycles. The molecule has 1 fully saturated rings. The van der Waals surface area contributed by atoms with Gasteiger partial charge in [0.1, 0.15) is 5.56 Å². The average Bonchev–Trinajstić information content (AvgIpc) is 2.88. The van der Waals surface area contributed by atoms with E-state index < -0.39 is 29.4 Å². The fourth-order valence-corrected chi connectivity index (χ4v) is 3.68. The van der Waals surface area contributed by atoms with Crippen molar-refractivity contribution in [2.24, 2.45) is 5.92 Å². The van der Waals surface area contributed by atoms with Crippen LogP contribution >= 0.6 is 11.3 Å². The second kappa shape index (κ2) is 6.49. The van der Waals surface area contributed by atoms with E-state index in [9.17, 15) is 19.5 Å². The van der Waals surface area contributed by atoms with Gasteiger partial charge in [-0.2, -0.15) is 0 Å². The van der Waals surface area contributed by atoms with Crippen LogP contribution in [0.3, 0.4) is 0 Å². The molecule has 0 unspecified atom stereocenters. The lowest BCUT2D eigenvalue weighted by Gasteiger charge is -2.22. The van der Waals surface area contributed by atoms with E-state index in [2.05, 4.69) is 10.3 Å². The monoisotopic (exact) mass is 335 g/mol. The Morgan fingerprint density at radius 1 is 1.30 bits per heavy atom. The molecule has 2 N–H and O–H groups in total. The third kappa shape index (κ3) is 3.12. The first kappa shape index (κ1) is 15.7. The van der Waals surface area contributed by atoms with Gasteiger partial charge in [0.15, 0.2) is 4.96 Å². The van der Waals surface area contributed by atoms with Crippen LogP contribution in [0.4, 0.5) is 0 Å². The van der Waals surface area contributed by atoms with E-state index in [0.717, 1.165) is 19.3 Å². The molecule has 1 amide bonds. The van der Waals surface area contributed by atoms with E-state index in [-0.39, 0.29) is 5.56 Å². The lowest BCUT2D eigenvalue weighted by atomic mass is 9.94. The molecular formula is C15H17N3O4S. The highest BCUT2D eigenvalue weighted by atomic mass is 32.1. The van der Waals surface area contributed by atoms with Crippen LogP contribution in [-0.4, -0.2) is 32.4 Å². The maximum Gasteiger partial charge on any atom is 0.308 e.